The van der Waals surface area contributed by atoms with Gasteiger partial charge in [-0.2, -0.15) is 0 Å². The van der Waals surface area contributed by atoms with Crippen molar-refractivity contribution >= 4 is 17.0 Å². The molecule has 0 fully saturated rings. The van der Waals surface area contributed by atoms with Gasteiger partial charge in [-0.1, -0.05) is 0 Å². The maximum Gasteiger partial charge on any atom is 0.415 e. The SMILES string of the molecule is CC(C)N1Cc2ncnc(Oc3ccc4c(ccn4C(=O)O)c3)c2C[C@@H]1C. The Bertz CT molecular complexity index is 1010. The fourth-order valence-electron chi connectivity index (χ4n) is 3.76. The van der Waals surface area contributed by atoms with E-state index in [1.807, 2.05) is 6.07 Å². The first-order valence-corrected chi connectivity index (χ1v) is 9.05. The van der Waals surface area contributed by atoms with E-state index in [1.54, 1.807) is 24.5 Å². The van der Waals surface area contributed by atoms with Crippen LogP contribution >= 0.6 is 0 Å². The first-order chi connectivity index (χ1) is 12.9. The first-order valence-electron chi connectivity index (χ1n) is 9.05. The smallest absolute Gasteiger partial charge is 0.415 e. The fourth-order valence-corrected chi connectivity index (χ4v) is 3.76. The Morgan fingerprint density at radius 2 is 2.11 bits per heavy atom. The molecule has 1 N–H and O–H groups in total. The van der Waals surface area contributed by atoms with Crippen molar-refractivity contribution < 1.29 is 14.6 Å². The molecule has 7 heteroatoms. The van der Waals surface area contributed by atoms with Crippen LogP contribution in [-0.4, -0.2) is 42.7 Å². The Morgan fingerprint density at radius 3 is 2.85 bits per heavy atom. The van der Waals surface area contributed by atoms with Gasteiger partial charge in [0.1, 0.15) is 12.1 Å². The van der Waals surface area contributed by atoms with Crippen molar-refractivity contribution in [3.05, 3.63) is 48.0 Å². The summed E-state index contributed by atoms with van der Waals surface area (Å²) in [5.74, 6) is 1.21. The summed E-state index contributed by atoms with van der Waals surface area (Å²) in [6, 6.07) is 7.94. The van der Waals surface area contributed by atoms with Crippen molar-refractivity contribution in [3.63, 3.8) is 0 Å². The van der Waals surface area contributed by atoms with E-state index in [0.29, 0.717) is 29.2 Å². The van der Waals surface area contributed by atoms with E-state index >= 15 is 0 Å². The number of benzene rings is 1. The predicted octanol–water partition coefficient (Wildman–Crippen LogP) is 3.90. The quantitative estimate of drug-likeness (QED) is 0.757. The molecule has 3 heterocycles. The van der Waals surface area contributed by atoms with Gasteiger partial charge in [0.05, 0.1) is 11.2 Å². The lowest BCUT2D eigenvalue weighted by Gasteiger charge is -2.37. The maximum absolute atomic E-state index is 11.2. The van der Waals surface area contributed by atoms with Crippen LogP contribution in [0.1, 0.15) is 32.0 Å². The minimum absolute atomic E-state index is 0.387. The van der Waals surface area contributed by atoms with Crippen molar-refractivity contribution in [1.82, 2.24) is 19.4 Å². The first kappa shape index (κ1) is 17.5. The highest BCUT2D eigenvalue weighted by Crippen LogP contribution is 2.32. The molecule has 1 aliphatic rings. The molecule has 27 heavy (non-hydrogen) atoms. The number of rotatable bonds is 3. The van der Waals surface area contributed by atoms with Crippen LogP contribution in [0.2, 0.25) is 0 Å². The van der Waals surface area contributed by atoms with Gasteiger partial charge in [-0.3, -0.25) is 9.47 Å². The highest BCUT2D eigenvalue weighted by Gasteiger charge is 2.28. The Balaban J connectivity index is 1.65. The molecule has 3 aromatic rings. The van der Waals surface area contributed by atoms with Crippen LogP contribution in [0.4, 0.5) is 4.79 Å². The zero-order valence-electron chi connectivity index (χ0n) is 15.6. The molecule has 0 saturated heterocycles. The molecule has 0 bridgehead atoms. The van der Waals surface area contributed by atoms with Gasteiger partial charge in [-0.25, -0.2) is 14.8 Å². The molecule has 0 saturated carbocycles. The van der Waals surface area contributed by atoms with Crippen molar-refractivity contribution in [2.75, 3.05) is 0 Å². The minimum atomic E-state index is -1.01. The van der Waals surface area contributed by atoms with E-state index < -0.39 is 6.09 Å². The highest BCUT2D eigenvalue weighted by atomic mass is 16.5. The van der Waals surface area contributed by atoms with Crippen LogP contribution in [-0.2, 0) is 13.0 Å². The highest BCUT2D eigenvalue weighted by molar-refractivity contribution is 5.89. The van der Waals surface area contributed by atoms with Crippen molar-refractivity contribution in [1.29, 1.82) is 0 Å². The summed E-state index contributed by atoms with van der Waals surface area (Å²) >= 11 is 0. The molecule has 0 amide bonds. The second kappa shape index (κ2) is 6.66. The average Bonchev–Trinajstić information content (AvgIpc) is 3.05. The van der Waals surface area contributed by atoms with Crippen LogP contribution in [0.3, 0.4) is 0 Å². The minimum Gasteiger partial charge on any atom is -0.464 e. The van der Waals surface area contributed by atoms with Crippen molar-refractivity contribution in [2.24, 2.45) is 0 Å². The van der Waals surface area contributed by atoms with Crippen molar-refractivity contribution in [3.8, 4) is 11.6 Å². The van der Waals surface area contributed by atoms with Gasteiger partial charge < -0.3 is 9.84 Å². The zero-order valence-corrected chi connectivity index (χ0v) is 15.6. The summed E-state index contributed by atoms with van der Waals surface area (Å²) in [4.78, 5) is 22.5. The van der Waals surface area contributed by atoms with Gasteiger partial charge in [0.2, 0.25) is 5.88 Å². The molecule has 0 aliphatic carbocycles. The summed E-state index contributed by atoms with van der Waals surface area (Å²) in [6.45, 7) is 7.38. The molecule has 0 radical (unpaired) electrons. The molecule has 7 nitrogen and oxygen atoms in total. The zero-order chi connectivity index (χ0) is 19.1. The topological polar surface area (TPSA) is 80.5 Å². The molecular weight excluding hydrogens is 344 g/mol. The molecule has 0 unspecified atom stereocenters. The number of hydrogen-bond donors (Lipinski definition) is 1. The Hall–Kier alpha value is -2.93. The van der Waals surface area contributed by atoms with E-state index in [0.717, 1.165) is 29.6 Å². The largest absolute Gasteiger partial charge is 0.464 e. The van der Waals surface area contributed by atoms with Crippen LogP contribution in [0.15, 0.2) is 36.8 Å². The third-order valence-electron chi connectivity index (χ3n) is 5.14. The summed E-state index contributed by atoms with van der Waals surface area (Å²) in [5, 5.41) is 10.0. The van der Waals surface area contributed by atoms with E-state index in [9.17, 15) is 9.90 Å². The van der Waals surface area contributed by atoms with E-state index in [-0.39, 0.29) is 0 Å². The van der Waals surface area contributed by atoms with Gasteiger partial charge in [0, 0.05) is 35.8 Å². The second-order valence-electron chi connectivity index (χ2n) is 7.21. The van der Waals surface area contributed by atoms with Gasteiger partial charge >= 0.3 is 6.09 Å². The number of ether oxygens (including phenoxy) is 1. The third kappa shape index (κ3) is 3.14. The molecular formula is C20H22N4O3. The molecule has 0 spiro atoms. The standard InChI is InChI=1S/C20H22N4O3/c1-12(2)24-10-17-16(8-13(24)3)19(22-11-21-17)27-15-4-5-18-14(9-15)6-7-23(18)20(25)26/h4-7,9,11-13H,8,10H2,1-3H3,(H,25,26)/t13-/m0/s1. The molecule has 1 atom stereocenters. The Labute approximate surface area is 157 Å². The Kier molecular flexibility index (Phi) is 4.31. The maximum atomic E-state index is 11.2. The summed E-state index contributed by atoms with van der Waals surface area (Å²) in [7, 11) is 0. The molecule has 1 aliphatic heterocycles. The number of fused-ring (bicyclic) bond motifs is 2. The van der Waals surface area contributed by atoms with Gasteiger partial charge in [0.15, 0.2) is 0 Å². The van der Waals surface area contributed by atoms with Gasteiger partial charge in [0.25, 0.3) is 0 Å². The number of hydrogen-bond acceptors (Lipinski definition) is 5. The number of carboxylic acid groups (broad SMARTS) is 1. The third-order valence-corrected chi connectivity index (χ3v) is 5.14. The summed E-state index contributed by atoms with van der Waals surface area (Å²) in [6.07, 6.45) is 2.90. The lowest BCUT2D eigenvalue weighted by Crippen LogP contribution is -2.43. The summed E-state index contributed by atoms with van der Waals surface area (Å²) in [5.41, 5.74) is 2.68. The monoisotopic (exact) mass is 366 g/mol. The van der Waals surface area contributed by atoms with E-state index in [1.165, 1.54) is 10.8 Å². The number of carbonyl (C=O) groups is 1. The average molecular weight is 366 g/mol. The lowest BCUT2D eigenvalue weighted by molar-refractivity contribution is 0.137. The van der Waals surface area contributed by atoms with Gasteiger partial charge in [-0.15, -0.1) is 0 Å². The molecule has 4 rings (SSSR count). The van der Waals surface area contributed by atoms with Gasteiger partial charge in [-0.05, 0) is 51.5 Å². The van der Waals surface area contributed by atoms with E-state index in [2.05, 4.69) is 35.6 Å². The van der Waals surface area contributed by atoms with Crippen LogP contribution < -0.4 is 4.74 Å². The van der Waals surface area contributed by atoms with Crippen molar-refractivity contribution in [2.45, 2.75) is 45.8 Å². The molecule has 2 aromatic heterocycles. The van der Waals surface area contributed by atoms with Crippen LogP contribution in [0.25, 0.3) is 10.9 Å². The molecule has 1 aromatic carbocycles. The summed E-state index contributed by atoms with van der Waals surface area (Å²) < 4.78 is 7.26. The van der Waals surface area contributed by atoms with Crippen LogP contribution in [0, 0.1) is 0 Å². The van der Waals surface area contributed by atoms with Crippen LogP contribution in [0.5, 0.6) is 11.6 Å². The fraction of sp³-hybridized carbons (Fsp3) is 0.350. The normalized spacial score (nSPS) is 17.3. The number of aromatic nitrogens is 3. The van der Waals surface area contributed by atoms with E-state index in [4.69, 9.17) is 4.74 Å². The predicted molar refractivity (Wildman–Crippen MR) is 101 cm³/mol. The number of nitrogens with zero attached hydrogens (tertiary/aromatic N) is 4. The Morgan fingerprint density at radius 1 is 1.30 bits per heavy atom. The lowest BCUT2D eigenvalue weighted by atomic mass is 9.98. The molecule has 140 valence electrons. The second-order valence-corrected chi connectivity index (χ2v) is 7.21.